The molecule has 45 heavy (non-hydrogen) atoms. The van der Waals surface area contributed by atoms with Crippen LogP contribution in [0.15, 0.2) is 133 Å². The van der Waals surface area contributed by atoms with Gasteiger partial charge in [0.15, 0.2) is 0 Å². The van der Waals surface area contributed by atoms with Gasteiger partial charge in [-0.3, -0.25) is 0 Å². The second-order valence-corrected chi connectivity index (χ2v) is 12.5. The standard InChI is InChI=1S/C42H31N3/c1-42(2,3)35-18-20-40-38(25-35)37-24-30(41-31(26-43)15-10-16-32(41)27-44)17-19-39(37)45(40)36-22-33(28-11-6-4-7-12-28)21-34(23-36)29-13-8-5-9-14-29/h4-25H,1-3H3. The molecule has 0 saturated carbocycles. The Kier molecular flexibility index (Phi) is 6.81. The van der Waals surface area contributed by atoms with Crippen molar-refractivity contribution in [2.75, 3.05) is 0 Å². The van der Waals surface area contributed by atoms with Gasteiger partial charge in [0.05, 0.1) is 34.3 Å². The fraction of sp³-hybridized carbons (Fsp3) is 0.0952. The molecule has 0 radical (unpaired) electrons. The van der Waals surface area contributed by atoms with Crippen molar-refractivity contribution in [3.05, 3.63) is 150 Å². The van der Waals surface area contributed by atoms with Crippen LogP contribution in [-0.2, 0) is 5.41 Å². The minimum absolute atomic E-state index is 0.0324. The number of fused-ring (bicyclic) bond motifs is 3. The number of aromatic nitrogens is 1. The van der Waals surface area contributed by atoms with Gasteiger partial charge in [-0.15, -0.1) is 0 Å². The molecule has 1 aromatic heterocycles. The molecule has 0 atom stereocenters. The van der Waals surface area contributed by atoms with Gasteiger partial charge < -0.3 is 4.57 Å². The van der Waals surface area contributed by atoms with Crippen molar-refractivity contribution in [1.82, 2.24) is 4.57 Å². The lowest BCUT2D eigenvalue weighted by molar-refractivity contribution is 0.591. The highest BCUT2D eigenvalue weighted by Gasteiger charge is 2.20. The molecule has 7 rings (SSSR count). The minimum atomic E-state index is -0.0324. The molecular formula is C42H31N3. The van der Waals surface area contributed by atoms with E-state index in [1.807, 2.05) is 18.2 Å². The van der Waals surface area contributed by atoms with Gasteiger partial charge in [-0.25, -0.2) is 0 Å². The van der Waals surface area contributed by atoms with E-state index >= 15 is 0 Å². The highest BCUT2D eigenvalue weighted by Crippen LogP contribution is 2.40. The summed E-state index contributed by atoms with van der Waals surface area (Å²) in [4.78, 5) is 0. The lowest BCUT2D eigenvalue weighted by atomic mass is 9.86. The van der Waals surface area contributed by atoms with Gasteiger partial charge in [-0.2, -0.15) is 10.5 Å². The van der Waals surface area contributed by atoms with E-state index < -0.39 is 0 Å². The molecule has 0 amide bonds. The zero-order chi connectivity index (χ0) is 31.1. The molecule has 0 aliphatic heterocycles. The first kappa shape index (κ1) is 27.9. The van der Waals surface area contributed by atoms with Gasteiger partial charge in [0.1, 0.15) is 0 Å². The van der Waals surface area contributed by atoms with Crippen molar-refractivity contribution in [2.45, 2.75) is 26.2 Å². The summed E-state index contributed by atoms with van der Waals surface area (Å²) >= 11 is 0. The average Bonchev–Trinajstić information content (AvgIpc) is 3.41. The van der Waals surface area contributed by atoms with Crippen molar-refractivity contribution >= 4 is 21.8 Å². The van der Waals surface area contributed by atoms with Crippen LogP contribution in [0, 0.1) is 22.7 Å². The van der Waals surface area contributed by atoms with E-state index in [0.717, 1.165) is 55.3 Å². The number of rotatable bonds is 4. The van der Waals surface area contributed by atoms with E-state index in [1.165, 1.54) is 5.56 Å². The Labute approximate surface area is 263 Å². The van der Waals surface area contributed by atoms with Gasteiger partial charge in [0, 0.05) is 22.0 Å². The van der Waals surface area contributed by atoms with Crippen molar-refractivity contribution in [3.8, 4) is 51.2 Å². The van der Waals surface area contributed by atoms with Crippen molar-refractivity contribution in [1.29, 1.82) is 10.5 Å². The van der Waals surface area contributed by atoms with Crippen LogP contribution in [0.25, 0.3) is 60.9 Å². The SMILES string of the molecule is CC(C)(C)c1ccc2c(c1)c1cc(-c3c(C#N)cccc3C#N)ccc1n2-c1cc(-c2ccccc2)cc(-c2ccccc2)c1. The minimum Gasteiger partial charge on any atom is -0.309 e. The molecule has 3 nitrogen and oxygen atoms in total. The molecule has 7 aromatic rings. The Bertz CT molecular complexity index is 2220. The molecule has 0 bridgehead atoms. The maximum atomic E-state index is 9.94. The van der Waals surface area contributed by atoms with Crippen molar-refractivity contribution in [3.63, 3.8) is 0 Å². The normalized spacial score (nSPS) is 11.4. The first-order chi connectivity index (χ1) is 21.9. The molecule has 1 heterocycles. The van der Waals surface area contributed by atoms with E-state index in [4.69, 9.17) is 0 Å². The zero-order valence-electron chi connectivity index (χ0n) is 25.5. The smallest absolute Gasteiger partial charge is 0.0998 e. The number of nitriles is 2. The average molecular weight is 578 g/mol. The molecule has 0 aliphatic rings. The Balaban J connectivity index is 1.56. The second kappa shape index (κ2) is 11.0. The quantitative estimate of drug-likeness (QED) is 0.209. The lowest BCUT2D eigenvalue weighted by Gasteiger charge is -2.19. The number of hydrogen-bond acceptors (Lipinski definition) is 2. The summed E-state index contributed by atoms with van der Waals surface area (Å²) in [7, 11) is 0. The van der Waals surface area contributed by atoms with E-state index in [0.29, 0.717) is 16.7 Å². The number of nitrogens with zero attached hydrogens (tertiary/aromatic N) is 3. The molecule has 0 unspecified atom stereocenters. The van der Waals surface area contributed by atoms with Crippen LogP contribution in [0.2, 0.25) is 0 Å². The summed E-state index contributed by atoms with van der Waals surface area (Å²) in [5.74, 6) is 0. The maximum Gasteiger partial charge on any atom is 0.0998 e. The predicted octanol–water partition coefficient (Wildman–Crippen LogP) is 10.8. The monoisotopic (exact) mass is 577 g/mol. The van der Waals surface area contributed by atoms with Crippen LogP contribution in [-0.4, -0.2) is 4.57 Å². The highest BCUT2D eigenvalue weighted by molar-refractivity contribution is 6.11. The van der Waals surface area contributed by atoms with Crippen LogP contribution in [0.1, 0.15) is 37.5 Å². The van der Waals surface area contributed by atoms with Crippen LogP contribution >= 0.6 is 0 Å². The molecule has 214 valence electrons. The highest BCUT2D eigenvalue weighted by atomic mass is 15.0. The third-order valence-corrected chi connectivity index (χ3v) is 8.62. The topological polar surface area (TPSA) is 52.5 Å². The molecule has 0 saturated heterocycles. The number of benzene rings is 6. The van der Waals surface area contributed by atoms with Gasteiger partial charge in [0.2, 0.25) is 0 Å². The third-order valence-electron chi connectivity index (χ3n) is 8.62. The van der Waals surface area contributed by atoms with Gasteiger partial charge in [0.25, 0.3) is 0 Å². The fourth-order valence-corrected chi connectivity index (χ4v) is 6.31. The second-order valence-electron chi connectivity index (χ2n) is 12.5. The predicted molar refractivity (Wildman–Crippen MR) is 185 cm³/mol. The molecule has 0 N–H and O–H groups in total. The van der Waals surface area contributed by atoms with Gasteiger partial charge in [-0.1, -0.05) is 99.6 Å². The zero-order valence-corrected chi connectivity index (χ0v) is 25.5. The summed E-state index contributed by atoms with van der Waals surface area (Å²) in [6.45, 7) is 6.70. The number of hydrogen-bond donors (Lipinski definition) is 0. The van der Waals surface area contributed by atoms with Crippen molar-refractivity contribution < 1.29 is 0 Å². The Morgan fingerprint density at radius 1 is 0.489 bits per heavy atom. The molecule has 0 aliphatic carbocycles. The first-order valence-corrected chi connectivity index (χ1v) is 15.1. The van der Waals surface area contributed by atoms with Crippen LogP contribution < -0.4 is 0 Å². The van der Waals surface area contributed by atoms with E-state index in [-0.39, 0.29) is 5.41 Å². The lowest BCUT2D eigenvalue weighted by Crippen LogP contribution is -2.10. The Morgan fingerprint density at radius 2 is 1.02 bits per heavy atom. The summed E-state index contributed by atoms with van der Waals surface area (Å²) in [5.41, 5.74) is 11.6. The van der Waals surface area contributed by atoms with Crippen molar-refractivity contribution in [2.24, 2.45) is 0 Å². The molecule has 3 heteroatoms. The van der Waals surface area contributed by atoms with Crippen LogP contribution in [0.4, 0.5) is 0 Å². The van der Waals surface area contributed by atoms with Crippen LogP contribution in [0.5, 0.6) is 0 Å². The van der Waals surface area contributed by atoms with Gasteiger partial charge >= 0.3 is 0 Å². The molecular weight excluding hydrogens is 546 g/mol. The Morgan fingerprint density at radius 3 is 1.56 bits per heavy atom. The Hall–Kier alpha value is -5.90. The van der Waals surface area contributed by atoms with E-state index in [9.17, 15) is 10.5 Å². The maximum absolute atomic E-state index is 9.94. The van der Waals surface area contributed by atoms with E-state index in [2.05, 4.69) is 135 Å². The third kappa shape index (κ3) is 4.96. The molecule has 0 fully saturated rings. The summed E-state index contributed by atoms with van der Waals surface area (Å²) in [6, 6.07) is 50.8. The van der Waals surface area contributed by atoms with E-state index in [1.54, 1.807) is 18.2 Å². The summed E-state index contributed by atoms with van der Waals surface area (Å²) < 4.78 is 2.35. The summed E-state index contributed by atoms with van der Waals surface area (Å²) in [5, 5.41) is 22.1. The molecule has 6 aromatic carbocycles. The summed E-state index contributed by atoms with van der Waals surface area (Å²) in [6.07, 6.45) is 0. The first-order valence-electron chi connectivity index (χ1n) is 15.1. The molecule has 0 spiro atoms. The van der Waals surface area contributed by atoms with Crippen LogP contribution in [0.3, 0.4) is 0 Å². The van der Waals surface area contributed by atoms with Gasteiger partial charge in [-0.05, 0) is 93.4 Å². The largest absolute Gasteiger partial charge is 0.309 e. The fourth-order valence-electron chi connectivity index (χ4n) is 6.31.